The molecule has 0 aliphatic rings. The van der Waals surface area contributed by atoms with Crippen LogP contribution in [0.5, 0.6) is 5.75 Å². The fourth-order valence-corrected chi connectivity index (χ4v) is 1.70. The van der Waals surface area contributed by atoms with Crippen LogP contribution in [0, 0.1) is 5.82 Å². The number of hydrazone groups is 1. The van der Waals surface area contributed by atoms with E-state index < -0.39 is 5.91 Å². The molecule has 0 spiro atoms. The van der Waals surface area contributed by atoms with E-state index in [0.29, 0.717) is 17.9 Å². The van der Waals surface area contributed by atoms with Crippen LogP contribution >= 0.6 is 0 Å². The van der Waals surface area contributed by atoms with Crippen molar-refractivity contribution in [2.24, 2.45) is 5.10 Å². The van der Waals surface area contributed by atoms with Crippen molar-refractivity contribution in [2.75, 3.05) is 6.61 Å². The number of carbonyl (C=O) groups excluding carboxylic acids is 1. The van der Waals surface area contributed by atoms with Crippen molar-refractivity contribution in [1.82, 2.24) is 5.43 Å². The highest BCUT2D eigenvalue weighted by Gasteiger charge is 2.04. The molecule has 0 aliphatic heterocycles. The highest BCUT2D eigenvalue weighted by molar-refractivity contribution is 5.95. The van der Waals surface area contributed by atoms with E-state index in [9.17, 15) is 9.18 Å². The average Bonchev–Trinajstić information content (AvgIpc) is 2.50. The third kappa shape index (κ3) is 4.14. The first-order valence-corrected chi connectivity index (χ1v) is 6.51. The Kier molecular flexibility index (Phi) is 5.04. The minimum atomic E-state index is -0.403. The molecule has 2 rings (SSSR count). The fraction of sp³-hybridized carbons (Fsp3) is 0.125. The van der Waals surface area contributed by atoms with Gasteiger partial charge in [0.2, 0.25) is 0 Å². The number of hydrogen-bond donors (Lipinski definition) is 1. The van der Waals surface area contributed by atoms with E-state index in [0.717, 1.165) is 5.56 Å². The largest absolute Gasteiger partial charge is 0.493 e. The van der Waals surface area contributed by atoms with E-state index in [1.165, 1.54) is 30.5 Å². The first-order valence-electron chi connectivity index (χ1n) is 6.51. The Morgan fingerprint density at radius 3 is 2.67 bits per heavy atom. The van der Waals surface area contributed by atoms with E-state index in [-0.39, 0.29) is 5.82 Å². The van der Waals surface area contributed by atoms with Gasteiger partial charge in [-0.25, -0.2) is 9.82 Å². The maximum atomic E-state index is 12.8. The minimum absolute atomic E-state index is 0.339. The summed E-state index contributed by atoms with van der Waals surface area (Å²) in [6.45, 7) is 2.44. The summed E-state index contributed by atoms with van der Waals surface area (Å²) in [6, 6.07) is 12.6. The zero-order valence-corrected chi connectivity index (χ0v) is 11.5. The predicted molar refractivity (Wildman–Crippen MR) is 79.1 cm³/mol. The van der Waals surface area contributed by atoms with Gasteiger partial charge >= 0.3 is 0 Å². The molecule has 0 aromatic heterocycles. The monoisotopic (exact) mass is 286 g/mol. The third-order valence-corrected chi connectivity index (χ3v) is 2.69. The number of halogens is 1. The Morgan fingerprint density at radius 2 is 1.95 bits per heavy atom. The number of ether oxygens (including phenoxy) is 1. The highest BCUT2D eigenvalue weighted by Crippen LogP contribution is 2.15. The first-order chi connectivity index (χ1) is 10.2. The molecule has 1 amide bonds. The summed E-state index contributed by atoms with van der Waals surface area (Å²) in [6.07, 6.45) is 1.51. The molecule has 0 radical (unpaired) electrons. The molecule has 4 nitrogen and oxygen atoms in total. The van der Waals surface area contributed by atoms with Crippen LogP contribution in [0.25, 0.3) is 0 Å². The SMILES string of the molecule is CCOc1ccccc1/C=N\NC(=O)c1ccc(F)cc1. The summed E-state index contributed by atoms with van der Waals surface area (Å²) in [5, 5.41) is 3.88. The van der Waals surface area contributed by atoms with Gasteiger partial charge in [0.15, 0.2) is 0 Å². The van der Waals surface area contributed by atoms with Crippen LogP contribution < -0.4 is 10.2 Å². The van der Waals surface area contributed by atoms with Crippen LogP contribution in [0.2, 0.25) is 0 Å². The predicted octanol–water partition coefficient (Wildman–Crippen LogP) is 2.99. The molecule has 0 bridgehead atoms. The van der Waals surface area contributed by atoms with Gasteiger partial charge in [0, 0.05) is 11.1 Å². The number of para-hydroxylation sites is 1. The normalized spacial score (nSPS) is 10.6. The van der Waals surface area contributed by atoms with E-state index in [4.69, 9.17) is 4.74 Å². The average molecular weight is 286 g/mol. The van der Waals surface area contributed by atoms with Gasteiger partial charge in [-0.1, -0.05) is 12.1 Å². The number of amides is 1. The molecule has 1 N–H and O–H groups in total. The molecule has 0 heterocycles. The van der Waals surface area contributed by atoms with Gasteiger partial charge in [0.1, 0.15) is 11.6 Å². The van der Waals surface area contributed by atoms with Crippen LogP contribution in [-0.2, 0) is 0 Å². The molecule has 0 unspecified atom stereocenters. The van der Waals surface area contributed by atoms with E-state index in [1.54, 1.807) is 0 Å². The Hall–Kier alpha value is -2.69. The topological polar surface area (TPSA) is 50.7 Å². The van der Waals surface area contributed by atoms with Crippen LogP contribution in [0.3, 0.4) is 0 Å². The van der Waals surface area contributed by atoms with Crippen molar-refractivity contribution in [3.63, 3.8) is 0 Å². The van der Waals surface area contributed by atoms with Crippen LogP contribution in [0.4, 0.5) is 4.39 Å². The fourth-order valence-electron chi connectivity index (χ4n) is 1.70. The number of benzene rings is 2. The van der Waals surface area contributed by atoms with E-state index in [2.05, 4.69) is 10.5 Å². The molecule has 2 aromatic carbocycles. The Morgan fingerprint density at radius 1 is 1.24 bits per heavy atom. The van der Waals surface area contributed by atoms with Crippen molar-refractivity contribution in [3.05, 3.63) is 65.5 Å². The summed E-state index contributed by atoms with van der Waals surface area (Å²) >= 11 is 0. The lowest BCUT2D eigenvalue weighted by molar-refractivity contribution is 0.0955. The lowest BCUT2D eigenvalue weighted by Gasteiger charge is -2.05. The Bertz CT molecular complexity index is 639. The number of carbonyl (C=O) groups is 1. The molecule has 0 aliphatic carbocycles. The second-order valence-electron chi connectivity index (χ2n) is 4.18. The molecule has 108 valence electrons. The highest BCUT2D eigenvalue weighted by atomic mass is 19.1. The minimum Gasteiger partial charge on any atom is -0.493 e. The zero-order chi connectivity index (χ0) is 15.1. The summed E-state index contributed by atoms with van der Waals surface area (Å²) in [5.41, 5.74) is 3.49. The standard InChI is InChI=1S/C16H15FN2O2/c1-2-21-15-6-4-3-5-13(15)11-18-19-16(20)12-7-9-14(17)10-8-12/h3-11H,2H2,1H3,(H,19,20)/b18-11-. The Labute approximate surface area is 122 Å². The quantitative estimate of drug-likeness (QED) is 0.678. The summed E-state index contributed by atoms with van der Waals surface area (Å²) < 4.78 is 18.2. The maximum absolute atomic E-state index is 12.8. The lowest BCUT2D eigenvalue weighted by atomic mass is 10.2. The summed E-state index contributed by atoms with van der Waals surface area (Å²) in [4.78, 5) is 11.8. The van der Waals surface area contributed by atoms with E-state index in [1.807, 2.05) is 31.2 Å². The van der Waals surface area contributed by atoms with Crippen LogP contribution in [0.15, 0.2) is 53.6 Å². The zero-order valence-electron chi connectivity index (χ0n) is 11.5. The van der Waals surface area contributed by atoms with Crippen LogP contribution in [-0.4, -0.2) is 18.7 Å². The van der Waals surface area contributed by atoms with Gasteiger partial charge in [0.25, 0.3) is 5.91 Å². The van der Waals surface area contributed by atoms with Gasteiger partial charge in [-0.3, -0.25) is 4.79 Å². The van der Waals surface area contributed by atoms with Gasteiger partial charge < -0.3 is 4.74 Å². The summed E-state index contributed by atoms with van der Waals surface area (Å²) in [5.74, 6) is -0.0967. The van der Waals surface area contributed by atoms with E-state index >= 15 is 0 Å². The van der Waals surface area contributed by atoms with Crippen LogP contribution in [0.1, 0.15) is 22.8 Å². The van der Waals surface area contributed by atoms with Crippen molar-refractivity contribution in [1.29, 1.82) is 0 Å². The van der Waals surface area contributed by atoms with Gasteiger partial charge in [-0.05, 0) is 43.3 Å². The molecule has 5 heteroatoms. The molecular weight excluding hydrogens is 271 g/mol. The molecule has 21 heavy (non-hydrogen) atoms. The van der Waals surface area contributed by atoms with Crippen molar-refractivity contribution < 1.29 is 13.9 Å². The molecule has 0 saturated heterocycles. The molecule has 0 atom stereocenters. The Balaban J connectivity index is 2.02. The second-order valence-corrected chi connectivity index (χ2v) is 4.18. The number of nitrogens with zero attached hydrogens (tertiary/aromatic N) is 1. The smallest absolute Gasteiger partial charge is 0.271 e. The number of nitrogens with one attached hydrogen (secondary N) is 1. The van der Waals surface area contributed by atoms with Crippen molar-refractivity contribution >= 4 is 12.1 Å². The second kappa shape index (κ2) is 7.19. The molecule has 0 fully saturated rings. The van der Waals surface area contributed by atoms with Gasteiger partial charge in [-0.2, -0.15) is 5.10 Å². The molecule has 0 saturated carbocycles. The molecule has 2 aromatic rings. The van der Waals surface area contributed by atoms with Crippen molar-refractivity contribution in [2.45, 2.75) is 6.92 Å². The summed E-state index contributed by atoms with van der Waals surface area (Å²) in [7, 11) is 0. The van der Waals surface area contributed by atoms with Gasteiger partial charge in [-0.15, -0.1) is 0 Å². The maximum Gasteiger partial charge on any atom is 0.271 e. The van der Waals surface area contributed by atoms with Gasteiger partial charge in [0.05, 0.1) is 12.8 Å². The number of hydrogen-bond acceptors (Lipinski definition) is 3. The number of rotatable bonds is 5. The molecular formula is C16H15FN2O2. The first kappa shape index (κ1) is 14.7. The third-order valence-electron chi connectivity index (χ3n) is 2.69. The van der Waals surface area contributed by atoms with Crippen molar-refractivity contribution in [3.8, 4) is 5.75 Å². The lowest BCUT2D eigenvalue weighted by Crippen LogP contribution is -2.17.